The van der Waals surface area contributed by atoms with E-state index in [1.807, 2.05) is 18.2 Å². The summed E-state index contributed by atoms with van der Waals surface area (Å²) in [5, 5.41) is 0. The van der Waals surface area contributed by atoms with Crippen molar-refractivity contribution in [1.29, 1.82) is 0 Å². The Balaban J connectivity index is 1.92. The molecule has 0 aromatic heterocycles. The molecule has 26 heavy (non-hydrogen) atoms. The highest BCUT2D eigenvalue weighted by Gasteiger charge is 2.31. The largest absolute Gasteiger partial charge is 0.469 e. The number of carbonyl (C=O) groups excluding carboxylic acids is 2. The molecular formula is C22H28O4. The van der Waals surface area contributed by atoms with Gasteiger partial charge in [0, 0.05) is 5.57 Å². The molecule has 140 valence electrons. The Bertz CT molecular complexity index is 685. The number of benzene rings is 1. The van der Waals surface area contributed by atoms with E-state index >= 15 is 0 Å². The van der Waals surface area contributed by atoms with E-state index in [9.17, 15) is 9.59 Å². The van der Waals surface area contributed by atoms with E-state index in [1.54, 1.807) is 13.8 Å². The van der Waals surface area contributed by atoms with Gasteiger partial charge in [-0.1, -0.05) is 55.5 Å². The van der Waals surface area contributed by atoms with E-state index in [4.69, 9.17) is 9.47 Å². The zero-order valence-electron chi connectivity index (χ0n) is 16.0. The third-order valence-electron chi connectivity index (χ3n) is 4.93. The number of rotatable bonds is 6. The van der Waals surface area contributed by atoms with Crippen LogP contribution in [0.3, 0.4) is 0 Å². The van der Waals surface area contributed by atoms with Gasteiger partial charge in [-0.05, 0) is 44.1 Å². The van der Waals surface area contributed by atoms with Gasteiger partial charge in [-0.2, -0.15) is 0 Å². The van der Waals surface area contributed by atoms with Gasteiger partial charge in [-0.25, -0.2) is 4.79 Å². The first-order valence-electron chi connectivity index (χ1n) is 9.03. The molecule has 1 aromatic carbocycles. The predicted octanol–water partition coefficient (Wildman–Crippen LogP) is 4.43. The average molecular weight is 356 g/mol. The highest BCUT2D eigenvalue weighted by atomic mass is 16.5. The van der Waals surface area contributed by atoms with Crippen LogP contribution >= 0.6 is 0 Å². The summed E-state index contributed by atoms with van der Waals surface area (Å²) in [5.74, 6) is -0.00336. The lowest BCUT2D eigenvalue weighted by Gasteiger charge is -2.22. The minimum Gasteiger partial charge on any atom is -0.469 e. The number of hydrogen-bond acceptors (Lipinski definition) is 4. The molecule has 1 aromatic rings. The topological polar surface area (TPSA) is 52.6 Å². The Morgan fingerprint density at radius 3 is 2.58 bits per heavy atom. The monoisotopic (exact) mass is 356 g/mol. The van der Waals surface area contributed by atoms with Gasteiger partial charge in [0.2, 0.25) is 0 Å². The number of esters is 2. The molecule has 0 saturated carbocycles. The van der Waals surface area contributed by atoms with Crippen LogP contribution in [0.15, 0.2) is 54.1 Å². The van der Waals surface area contributed by atoms with E-state index in [-0.39, 0.29) is 12.6 Å². The van der Waals surface area contributed by atoms with Crippen LogP contribution in [0.25, 0.3) is 0 Å². The van der Waals surface area contributed by atoms with Crippen molar-refractivity contribution in [3.8, 4) is 0 Å². The number of carbonyl (C=O) groups is 2. The summed E-state index contributed by atoms with van der Waals surface area (Å²) >= 11 is 0. The van der Waals surface area contributed by atoms with Crippen molar-refractivity contribution in [3.05, 3.63) is 59.7 Å². The highest BCUT2D eigenvalue weighted by molar-refractivity contribution is 5.89. The van der Waals surface area contributed by atoms with Gasteiger partial charge < -0.3 is 9.47 Å². The van der Waals surface area contributed by atoms with Gasteiger partial charge >= 0.3 is 11.9 Å². The minimum absolute atomic E-state index is 0.00338. The Hall–Kier alpha value is -2.36. The van der Waals surface area contributed by atoms with Crippen LogP contribution in [0.2, 0.25) is 0 Å². The van der Waals surface area contributed by atoms with Crippen molar-refractivity contribution >= 4 is 11.9 Å². The average Bonchev–Trinajstić information content (AvgIpc) is 2.91. The van der Waals surface area contributed by atoms with Crippen LogP contribution in [0.5, 0.6) is 0 Å². The van der Waals surface area contributed by atoms with Crippen LogP contribution in [-0.2, 0) is 19.1 Å². The molecule has 1 unspecified atom stereocenters. The Morgan fingerprint density at radius 2 is 1.92 bits per heavy atom. The quantitative estimate of drug-likeness (QED) is 0.708. The fraction of sp³-hybridized carbons (Fsp3) is 0.455. The van der Waals surface area contributed by atoms with Crippen molar-refractivity contribution in [2.75, 3.05) is 13.7 Å². The molecule has 1 aliphatic rings. The molecule has 0 bridgehead atoms. The molecule has 0 spiro atoms. The molecule has 2 atom stereocenters. The smallest absolute Gasteiger partial charge is 0.334 e. The summed E-state index contributed by atoms with van der Waals surface area (Å²) in [7, 11) is 1.33. The van der Waals surface area contributed by atoms with E-state index in [2.05, 4.69) is 37.3 Å². The first-order chi connectivity index (χ1) is 12.3. The number of methoxy groups -OCH3 is 1. The normalized spacial score (nSPS) is 18.5. The minimum atomic E-state index is -0.851. The van der Waals surface area contributed by atoms with Crippen LogP contribution in [-0.4, -0.2) is 25.7 Å². The fourth-order valence-electron chi connectivity index (χ4n) is 3.08. The zero-order valence-corrected chi connectivity index (χ0v) is 16.0. The van der Waals surface area contributed by atoms with Gasteiger partial charge in [0.05, 0.1) is 12.5 Å². The third-order valence-corrected chi connectivity index (χ3v) is 4.93. The van der Waals surface area contributed by atoms with Crippen molar-refractivity contribution < 1.29 is 19.1 Å². The van der Waals surface area contributed by atoms with Crippen molar-refractivity contribution in [1.82, 2.24) is 0 Å². The standard InChI is InChI=1S/C22H28O4/c1-16(17-9-6-5-7-10-17)18-11-8-12-19(14-13-18)20(23)26-15-22(2,3)21(24)25-4/h5-12,16,18H,13-15H2,1-4H3/t16-,18?/m1/s1. The predicted molar refractivity (Wildman–Crippen MR) is 102 cm³/mol. The zero-order chi connectivity index (χ0) is 19.2. The lowest BCUT2D eigenvalue weighted by Crippen LogP contribution is -2.32. The Morgan fingerprint density at radius 1 is 1.23 bits per heavy atom. The Labute approximate surface area is 155 Å². The van der Waals surface area contributed by atoms with Crippen LogP contribution in [0, 0.1) is 11.3 Å². The summed E-state index contributed by atoms with van der Waals surface area (Å²) < 4.78 is 10.1. The molecule has 0 radical (unpaired) electrons. The fourth-order valence-corrected chi connectivity index (χ4v) is 3.08. The molecule has 0 N–H and O–H groups in total. The SMILES string of the molecule is COC(=O)C(C)(C)COC(=O)C1=CC=CC([C@H](C)c2ccccc2)CC1. The van der Waals surface area contributed by atoms with Crippen LogP contribution < -0.4 is 0 Å². The summed E-state index contributed by atoms with van der Waals surface area (Å²) in [4.78, 5) is 24.1. The summed E-state index contributed by atoms with van der Waals surface area (Å²) in [6.07, 6.45) is 7.47. The van der Waals surface area contributed by atoms with Crippen molar-refractivity contribution in [2.45, 2.75) is 39.5 Å². The molecule has 4 nitrogen and oxygen atoms in total. The van der Waals surface area contributed by atoms with Gasteiger partial charge in [-0.15, -0.1) is 0 Å². The van der Waals surface area contributed by atoms with E-state index < -0.39 is 11.4 Å². The van der Waals surface area contributed by atoms with E-state index in [0.29, 0.717) is 23.8 Å². The molecule has 0 fully saturated rings. The maximum atomic E-state index is 12.4. The maximum Gasteiger partial charge on any atom is 0.334 e. The van der Waals surface area contributed by atoms with Gasteiger partial charge in [0.15, 0.2) is 0 Å². The summed E-state index contributed by atoms with van der Waals surface area (Å²) in [6, 6.07) is 10.4. The maximum absolute atomic E-state index is 12.4. The van der Waals surface area contributed by atoms with Gasteiger partial charge in [0.25, 0.3) is 0 Å². The molecule has 2 rings (SSSR count). The van der Waals surface area contributed by atoms with Crippen LogP contribution in [0.4, 0.5) is 0 Å². The van der Waals surface area contributed by atoms with Crippen molar-refractivity contribution in [3.63, 3.8) is 0 Å². The van der Waals surface area contributed by atoms with Crippen LogP contribution in [0.1, 0.15) is 45.1 Å². The molecule has 0 aliphatic heterocycles. The molecule has 0 amide bonds. The number of hydrogen-bond donors (Lipinski definition) is 0. The lowest BCUT2D eigenvalue weighted by atomic mass is 9.84. The second-order valence-electron chi connectivity index (χ2n) is 7.43. The number of allylic oxidation sites excluding steroid dienone is 3. The first kappa shape index (κ1) is 20.0. The van der Waals surface area contributed by atoms with Gasteiger partial charge in [-0.3, -0.25) is 4.79 Å². The van der Waals surface area contributed by atoms with Gasteiger partial charge in [0.1, 0.15) is 6.61 Å². The molecule has 0 heterocycles. The molecule has 1 aliphatic carbocycles. The molecular weight excluding hydrogens is 328 g/mol. The number of ether oxygens (including phenoxy) is 2. The summed E-state index contributed by atoms with van der Waals surface area (Å²) in [5.41, 5.74) is 1.09. The van der Waals surface area contributed by atoms with E-state index in [0.717, 1.165) is 6.42 Å². The summed E-state index contributed by atoms with van der Waals surface area (Å²) in [6.45, 7) is 5.62. The third kappa shape index (κ3) is 5.07. The lowest BCUT2D eigenvalue weighted by molar-refractivity contribution is -0.157. The second kappa shape index (κ2) is 8.84. The first-order valence-corrected chi connectivity index (χ1v) is 9.03. The Kier molecular flexibility index (Phi) is 6.78. The highest BCUT2D eigenvalue weighted by Crippen LogP contribution is 2.32. The molecule has 4 heteroatoms. The van der Waals surface area contributed by atoms with Crippen molar-refractivity contribution in [2.24, 2.45) is 11.3 Å². The van der Waals surface area contributed by atoms with E-state index in [1.165, 1.54) is 12.7 Å². The second-order valence-corrected chi connectivity index (χ2v) is 7.43. The molecule has 0 saturated heterocycles.